The summed E-state index contributed by atoms with van der Waals surface area (Å²) < 4.78 is 35.0. The van der Waals surface area contributed by atoms with Gasteiger partial charge in [0.05, 0.1) is 36.1 Å². The molecule has 3 aromatic heterocycles. The van der Waals surface area contributed by atoms with Crippen LogP contribution in [0.3, 0.4) is 0 Å². The SMILES string of the molecule is CCS(=O)(=O)N1CC(CC#N)(n2cc(-c3ncnc4c3ccn4COC(=O)C(C)c3cccc(C(=O)c4ccccc4)c3)cn2)C1. The van der Waals surface area contributed by atoms with Gasteiger partial charge in [-0.2, -0.15) is 14.7 Å². The van der Waals surface area contributed by atoms with E-state index < -0.39 is 27.4 Å². The Kier molecular flexibility index (Phi) is 8.24. The molecule has 4 heterocycles. The molecule has 0 amide bonds. The predicted molar refractivity (Wildman–Crippen MR) is 169 cm³/mol. The van der Waals surface area contributed by atoms with Crippen LogP contribution in [-0.4, -0.2) is 67.6 Å². The molecule has 2 aromatic carbocycles. The van der Waals surface area contributed by atoms with Crippen molar-refractivity contribution in [2.75, 3.05) is 18.8 Å². The number of hydrogen-bond acceptors (Lipinski definition) is 9. The first kappa shape index (κ1) is 30.8. The van der Waals surface area contributed by atoms with Gasteiger partial charge in [-0.15, -0.1) is 0 Å². The fourth-order valence-corrected chi connectivity index (χ4v) is 6.86. The van der Waals surface area contributed by atoms with Crippen molar-refractivity contribution >= 4 is 32.8 Å². The number of nitrogens with zero attached hydrogens (tertiary/aromatic N) is 7. The molecule has 12 nitrogen and oxygen atoms in total. The Balaban J connectivity index is 1.16. The molecule has 1 unspecified atom stereocenters. The summed E-state index contributed by atoms with van der Waals surface area (Å²) in [5, 5.41) is 14.7. The third kappa shape index (κ3) is 5.68. The summed E-state index contributed by atoms with van der Waals surface area (Å²) in [4.78, 5) is 34.9. The lowest BCUT2D eigenvalue weighted by Gasteiger charge is -2.47. The lowest BCUT2D eigenvalue weighted by Crippen LogP contribution is -2.64. The van der Waals surface area contributed by atoms with Gasteiger partial charge < -0.3 is 4.74 Å². The number of hydrogen-bond donors (Lipinski definition) is 0. The molecule has 0 N–H and O–H groups in total. The highest BCUT2D eigenvalue weighted by Gasteiger charge is 2.49. The van der Waals surface area contributed by atoms with Crippen LogP contribution in [0.4, 0.5) is 0 Å². The predicted octanol–water partition coefficient (Wildman–Crippen LogP) is 4.10. The average molecular weight is 638 g/mol. The molecule has 13 heteroatoms. The van der Waals surface area contributed by atoms with Crippen molar-refractivity contribution in [3.8, 4) is 17.3 Å². The lowest BCUT2D eigenvalue weighted by atomic mass is 9.89. The number of sulfonamides is 1. The van der Waals surface area contributed by atoms with Gasteiger partial charge in [0.25, 0.3) is 0 Å². The Morgan fingerprint density at radius 3 is 2.57 bits per heavy atom. The first-order chi connectivity index (χ1) is 22.2. The molecule has 1 aliphatic rings. The number of ketones is 1. The van der Waals surface area contributed by atoms with Gasteiger partial charge in [0.1, 0.15) is 17.5 Å². The number of esters is 1. The zero-order chi connectivity index (χ0) is 32.5. The number of ether oxygens (including phenoxy) is 1. The van der Waals surface area contributed by atoms with Crippen molar-refractivity contribution in [2.45, 2.75) is 38.5 Å². The normalized spacial score (nSPS) is 15.2. The van der Waals surface area contributed by atoms with Crippen LogP contribution in [0.25, 0.3) is 22.3 Å². The van der Waals surface area contributed by atoms with Crippen LogP contribution in [0.15, 0.2) is 85.6 Å². The molecule has 0 saturated carbocycles. The van der Waals surface area contributed by atoms with E-state index in [2.05, 4.69) is 21.1 Å². The van der Waals surface area contributed by atoms with Crippen LogP contribution in [0.1, 0.15) is 47.7 Å². The van der Waals surface area contributed by atoms with Gasteiger partial charge in [0, 0.05) is 47.6 Å². The minimum absolute atomic E-state index is 0.00687. The number of carbonyl (C=O) groups excluding carboxylic acids is 2. The molecule has 1 atom stereocenters. The van der Waals surface area contributed by atoms with Crippen LogP contribution >= 0.6 is 0 Å². The highest BCUT2D eigenvalue weighted by molar-refractivity contribution is 7.89. The number of carbonyl (C=O) groups is 2. The molecular formula is C33H31N7O5S. The molecule has 5 aromatic rings. The standard InChI is InChI=1S/C33H31N7O5S/c1-3-46(43,44)39-19-33(20-39,13-14-34)40-18-27(17-37-40)29-28-12-15-38(31(28)36-21-35-29)22-45-32(42)23(2)25-10-7-11-26(16-25)30(41)24-8-5-4-6-9-24/h4-12,15-18,21,23H,3,13,19-20,22H2,1-2H3. The number of fused-ring (bicyclic) bond motifs is 1. The number of nitriles is 1. The number of benzene rings is 2. The second-order valence-electron chi connectivity index (χ2n) is 11.3. The van der Waals surface area contributed by atoms with E-state index in [-0.39, 0.29) is 37.8 Å². The van der Waals surface area contributed by atoms with Crippen molar-refractivity contribution in [3.63, 3.8) is 0 Å². The topological polar surface area (TPSA) is 153 Å². The highest BCUT2D eigenvalue weighted by atomic mass is 32.2. The zero-order valence-electron chi connectivity index (χ0n) is 25.3. The third-order valence-corrected chi connectivity index (χ3v) is 10.2. The molecule has 1 fully saturated rings. The van der Waals surface area contributed by atoms with Crippen molar-refractivity contribution < 1.29 is 22.7 Å². The van der Waals surface area contributed by atoms with Crippen molar-refractivity contribution in [2.24, 2.45) is 0 Å². The third-order valence-electron chi connectivity index (χ3n) is 8.39. The quantitative estimate of drug-likeness (QED) is 0.154. The first-order valence-electron chi connectivity index (χ1n) is 14.7. The Bertz CT molecular complexity index is 2080. The molecule has 0 aliphatic carbocycles. The summed E-state index contributed by atoms with van der Waals surface area (Å²) in [5.41, 5.74) is 2.79. The summed E-state index contributed by atoms with van der Waals surface area (Å²) in [7, 11) is -3.37. The van der Waals surface area contributed by atoms with Crippen LogP contribution < -0.4 is 0 Å². The monoisotopic (exact) mass is 637 g/mol. The van der Waals surface area contributed by atoms with Crippen LogP contribution in [0.5, 0.6) is 0 Å². The van der Waals surface area contributed by atoms with E-state index >= 15 is 0 Å². The Labute approximate surface area is 265 Å². The molecule has 6 rings (SSSR count). The molecular weight excluding hydrogens is 606 g/mol. The molecule has 0 radical (unpaired) electrons. The van der Waals surface area contributed by atoms with Crippen molar-refractivity contribution in [1.29, 1.82) is 5.26 Å². The first-order valence-corrected chi connectivity index (χ1v) is 16.3. The second-order valence-corrected chi connectivity index (χ2v) is 13.5. The highest BCUT2D eigenvalue weighted by Crippen LogP contribution is 2.36. The molecule has 1 saturated heterocycles. The van der Waals surface area contributed by atoms with Gasteiger partial charge in [0.2, 0.25) is 10.0 Å². The van der Waals surface area contributed by atoms with Gasteiger partial charge in [-0.05, 0) is 31.5 Å². The molecule has 234 valence electrons. The minimum atomic E-state index is -3.37. The second kappa shape index (κ2) is 12.3. The van der Waals surface area contributed by atoms with Crippen LogP contribution in [0.2, 0.25) is 0 Å². The van der Waals surface area contributed by atoms with Crippen LogP contribution in [0, 0.1) is 11.3 Å². The van der Waals surface area contributed by atoms with Gasteiger partial charge in [-0.3, -0.25) is 18.8 Å². The summed E-state index contributed by atoms with van der Waals surface area (Å²) in [6.07, 6.45) is 6.67. The maximum Gasteiger partial charge on any atom is 0.314 e. The summed E-state index contributed by atoms with van der Waals surface area (Å²) >= 11 is 0. The van der Waals surface area contributed by atoms with Crippen LogP contribution in [-0.2, 0) is 31.8 Å². The Morgan fingerprint density at radius 1 is 1.07 bits per heavy atom. The summed E-state index contributed by atoms with van der Waals surface area (Å²) in [5.74, 6) is -1.20. The molecule has 0 bridgehead atoms. The fourth-order valence-electron chi connectivity index (χ4n) is 5.62. The smallest absolute Gasteiger partial charge is 0.314 e. The summed E-state index contributed by atoms with van der Waals surface area (Å²) in [6, 6.07) is 20.0. The number of aromatic nitrogens is 5. The van der Waals surface area contributed by atoms with E-state index in [0.29, 0.717) is 39.0 Å². The molecule has 1 aliphatic heterocycles. The average Bonchev–Trinajstić information content (AvgIpc) is 3.73. The van der Waals surface area contributed by atoms with E-state index in [4.69, 9.17) is 4.74 Å². The minimum Gasteiger partial charge on any atom is -0.443 e. The van der Waals surface area contributed by atoms with E-state index in [1.165, 1.54) is 10.6 Å². The fraction of sp³-hybridized carbons (Fsp3) is 0.273. The maximum absolute atomic E-state index is 13.1. The Hall–Kier alpha value is -5.19. The summed E-state index contributed by atoms with van der Waals surface area (Å²) in [6.45, 7) is 3.58. The largest absolute Gasteiger partial charge is 0.443 e. The van der Waals surface area contributed by atoms with E-state index in [0.717, 1.165) is 0 Å². The lowest BCUT2D eigenvalue weighted by molar-refractivity contribution is -0.148. The van der Waals surface area contributed by atoms with E-state index in [1.54, 1.807) is 90.2 Å². The Morgan fingerprint density at radius 2 is 1.83 bits per heavy atom. The van der Waals surface area contributed by atoms with E-state index in [9.17, 15) is 23.3 Å². The zero-order valence-corrected chi connectivity index (χ0v) is 26.1. The molecule has 0 spiro atoms. The van der Waals surface area contributed by atoms with Gasteiger partial charge in [-0.1, -0.05) is 48.5 Å². The maximum atomic E-state index is 13.1. The number of rotatable bonds is 11. The van der Waals surface area contributed by atoms with Gasteiger partial charge in [-0.25, -0.2) is 18.4 Å². The van der Waals surface area contributed by atoms with E-state index in [1.807, 2.05) is 12.1 Å². The van der Waals surface area contributed by atoms with Gasteiger partial charge >= 0.3 is 5.97 Å². The van der Waals surface area contributed by atoms with Crippen molar-refractivity contribution in [1.82, 2.24) is 28.6 Å². The van der Waals surface area contributed by atoms with Crippen molar-refractivity contribution in [3.05, 3.63) is 102 Å². The van der Waals surface area contributed by atoms with Gasteiger partial charge in [0.15, 0.2) is 12.5 Å². The molecule has 46 heavy (non-hydrogen) atoms.